The van der Waals surface area contributed by atoms with Crippen LogP contribution in [0, 0.1) is 0 Å². The highest BCUT2D eigenvalue weighted by atomic mass is 19.4. The summed E-state index contributed by atoms with van der Waals surface area (Å²) in [4.78, 5) is 17.6. The summed E-state index contributed by atoms with van der Waals surface area (Å²) >= 11 is 0. The maximum atomic E-state index is 13.3. The minimum atomic E-state index is -4.47. The number of ether oxygens (including phenoxy) is 1. The van der Waals surface area contributed by atoms with E-state index in [1.807, 2.05) is 4.90 Å². The van der Waals surface area contributed by atoms with Gasteiger partial charge in [-0.1, -0.05) is 6.07 Å². The van der Waals surface area contributed by atoms with Crippen LogP contribution in [-0.2, 0) is 12.7 Å². The first-order valence-electron chi connectivity index (χ1n) is 10.8. The molecule has 1 saturated heterocycles. The first-order valence-corrected chi connectivity index (χ1v) is 10.8. The van der Waals surface area contributed by atoms with Crippen molar-refractivity contribution in [1.82, 2.24) is 9.88 Å². The molecule has 1 aromatic heterocycles. The monoisotopic (exact) mass is 471 g/mol. The zero-order valence-electron chi connectivity index (χ0n) is 18.3. The van der Waals surface area contributed by atoms with Gasteiger partial charge in [-0.2, -0.15) is 13.2 Å². The van der Waals surface area contributed by atoms with Gasteiger partial charge in [-0.3, -0.25) is 9.69 Å². The van der Waals surface area contributed by atoms with Crippen molar-refractivity contribution in [1.29, 1.82) is 0 Å². The summed E-state index contributed by atoms with van der Waals surface area (Å²) in [5.74, 6) is 0.132. The molecule has 3 aromatic rings. The van der Waals surface area contributed by atoms with Gasteiger partial charge in [0.1, 0.15) is 17.2 Å². The molecule has 1 fully saturated rings. The third-order valence-electron chi connectivity index (χ3n) is 5.85. The molecule has 0 aliphatic carbocycles. The highest BCUT2D eigenvalue weighted by Gasteiger charge is 2.32. The van der Waals surface area contributed by atoms with Crippen molar-refractivity contribution in [2.75, 3.05) is 13.2 Å². The van der Waals surface area contributed by atoms with Crippen molar-refractivity contribution in [3.05, 3.63) is 77.5 Å². The molecule has 4 rings (SSSR count). The van der Waals surface area contributed by atoms with Crippen molar-refractivity contribution in [3.63, 3.8) is 0 Å². The molecule has 0 radical (unpaired) electrons. The number of hydrogen-bond donors (Lipinski definition) is 2. The Kier molecular flexibility index (Phi) is 6.85. The van der Waals surface area contributed by atoms with Crippen LogP contribution in [0.25, 0.3) is 11.3 Å². The summed E-state index contributed by atoms with van der Waals surface area (Å²) in [6, 6.07) is 15.2. The van der Waals surface area contributed by atoms with E-state index in [0.717, 1.165) is 30.5 Å². The highest BCUT2D eigenvalue weighted by Crippen LogP contribution is 2.36. The second-order valence-corrected chi connectivity index (χ2v) is 8.17. The summed E-state index contributed by atoms with van der Waals surface area (Å²) < 4.78 is 46.0. The fraction of sp³-hybridized carbons (Fsp3) is 0.280. The van der Waals surface area contributed by atoms with Gasteiger partial charge in [0.2, 0.25) is 0 Å². The lowest BCUT2D eigenvalue weighted by molar-refractivity contribution is -0.137. The molecule has 1 aliphatic heterocycles. The second kappa shape index (κ2) is 9.82. The fourth-order valence-corrected chi connectivity index (χ4v) is 4.06. The number of carbonyl (C=O) groups excluding carboxylic acids is 1. The van der Waals surface area contributed by atoms with E-state index in [-0.39, 0.29) is 24.9 Å². The molecule has 9 heteroatoms. The molecule has 1 aliphatic rings. The maximum Gasteiger partial charge on any atom is 0.416 e. The highest BCUT2D eigenvalue weighted by molar-refractivity contribution is 5.91. The number of carbonyl (C=O) groups is 1. The van der Waals surface area contributed by atoms with E-state index < -0.39 is 17.6 Å². The minimum absolute atomic E-state index is 0.0401. The minimum Gasteiger partial charge on any atom is -0.457 e. The van der Waals surface area contributed by atoms with Crippen molar-refractivity contribution in [2.24, 2.45) is 5.73 Å². The Morgan fingerprint density at radius 3 is 2.59 bits per heavy atom. The Bertz CT molecular complexity index is 1170. The van der Waals surface area contributed by atoms with Crippen molar-refractivity contribution < 1.29 is 27.8 Å². The lowest BCUT2D eigenvalue weighted by Crippen LogP contribution is -2.31. The average Bonchev–Trinajstić information content (AvgIpc) is 3.27. The van der Waals surface area contributed by atoms with E-state index in [4.69, 9.17) is 10.5 Å². The largest absolute Gasteiger partial charge is 0.457 e. The number of nitrogens with two attached hydrogens (primary N) is 1. The van der Waals surface area contributed by atoms with Crippen LogP contribution in [0.15, 0.2) is 60.7 Å². The number of likely N-dealkylation sites (tertiary alicyclic amines) is 1. The van der Waals surface area contributed by atoms with Gasteiger partial charge in [0, 0.05) is 23.7 Å². The summed E-state index contributed by atoms with van der Waals surface area (Å²) in [7, 11) is 0. The Labute approximate surface area is 194 Å². The maximum absolute atomic E-state index is 13.3. The van der Waals surface area contributed by atoms with Crippen LogP contribution in [0.4, 0.5) is 13.2 Å². The zero-order chi connectivity index (χ0) is 24.3. The topological polar surface area (TPSA) is 88.7 Å². The van der Waals surface area contributed by atoms with Gasteiger partial charge in [-0.15, -0.1) is 0 Å². The van der Waals surface area contributed by atoms with Crippen LogP contribution in [0.3, 0.4) is 0 Å². The smallest absolute Gasteiger partial charge is 0.416 e. The number of halogens is 3. The number of aromatic nitrogens is 1. The van der Waals surface area contributed by atoms with E-state index in [9.17, 15) is 23.1 Å². The molecule has 3 N–H and O–H groups in total. The van der Waals surface area contributed by atoms with Crippen molar-refractivity contribution in [3.8, 4) is 22.8 Å². The molecule has 0 spiro atoms. The van der Waals surface area contributed by atoms with Gasteiger partial charge in [0.25, 0.3) is 5.91 Å². The van der Waals surface area contributed by atoms with E-state index >= 15 is 0 Å². The van der Waals surface area contributed by atoms with Crippen LogP contribution < -0.4 is 10.5 Å². The molecular formula is C25H24F3N3O3. The van der Waals surface area contributed by atoms with Crippen LogP contribution in [0.1, 0.15) is 34.5 Å². The Morgan fingerprint density at radius 1 is 1.15 bits per heavy atom. The predicted molar refractivity (Wildman–Crippen MR) is 120 cm³/mol. The van der Waals surface area contributed by atoms with E-state index in [2.05, 4.69) is 4.98 Å². The third kappa shape index (κ3) is 5.37. The molecule has 0 unspecified atom stereocenters. The van der Waals surface area contributed by atoms with Crippen LogP contribution in [0.2, 0.25) is 0 Å². The zero-order valence-corrected chi connectivity index (χ0v) is 18.3. The van der Waals surface area contributed by atoms with Crippen molar-refractivity contribution in [2.45, 2.75) is 31.6 Å². The number of pyridine rings is 1. The quantitative estimate of drug-likeness (QED) is 0.525. The Morgan fingerprint density at radius 2 is 1.91 bits per heavy atom. The molecule has 0 saturated carbocycles. The van der Waals surface area contributed by atoms with Crippen LogP contribution in [0.5, 0.6) is 11.5 Å². The molecule has 2 aromatic carbocycles. The second-order valence-electron chi connectivity index (χ2n) is 8.17. The Balaban J connectivity index is 1.59. The number of alkyl halides is 3. The van der Waals surface area contributed by atoms with E-state index in [1.54, 1.807) is 36.4 Å². The number of benzene rings is 2. The van der Waals surface area contributed by atoms with Gasteiger partial charge < -0.3 is 15.6 Å². The molecule has 2 heterocycles. The number of hydrogen-bond acceptors (Lipinski definition) is 5. The van der Waals surface area contributed by atoms with Gasteiger partial charge >= 0.3 is 6.18 Å². The van der Waals surface area contributed by atoms with Gasteiger partial charge in [-0.25, -0.2) is 4.98 Å². The number of rotatable bonds is 7. The predicted octanol–water partition coefficient (Wildman–Crippen LogP) is 4.62. The van der Waals surface area contributed by atoms with Crippen molar-refractivity contribution >= 4 is 5.91 Å². The van der Waals surface area contributed by atoms with Gasteiger partial charge in [0.05, 0.1) is 17.9 Å². The average molecular weight is 471 g/mol. The number of primary amides is 1. The number of aliphatic hydroxyl groups excluding tert-OH is 1. The first-order chi connectivity index (χ1) is 16.2. The summed E-state index contributed by atoms with van der Waals surface area (Å²) in [6.45, 7) is 0.904. The SMILES string of the molecule is NC(=O)c1cccc(-c2ccc(Oc3ccc(C(F)(F)F)cc3CN3CCC[C@@H]3CO)cc2)n1. The van der Waals surface area contributed by atoms with E-state index in [0.29, 0.717) is 29.3 Å². The molecular weight excluding hydrogens is 447 g/mol. The standard InChI is InChI=1S/C25H24F3N3O3/c26-25(27,28)18-8-11-23(17(13-18)14-31-12-2-3-19(31)15-32)34-20-9-6-16(7-10-20)21-4-1-5-22(30-21)24(29)33/h1,4-11,13,19,32H,2-3,12,14-15H2,(H2,29,33)/t19-/m1/s1. The first kappa shape index (κ1) is 23.7. The van der Waals surface area contributed by atoms with E-state index in [1.165, 1.54) is 12.1 Å². The van der Waals surface area contributed by atoms with Gasteiger partial charge in [-0.05, 0) is 74.0 Å². The Hall–Kier alpha value is -3.43. The summed E-state index contributed by atoms with van der Waals surface area (Å²) in [6.07, 6.45) is -2.78. The molecule has 178 valence electrons. The summed E-state index contributed by atoms with van der Waals surface area (Å²) in [5, 5.41) is 9.59. The molecule has 6 nitrogen and oxygen atoms in total. The number of nitrogens with zero attached hydrogens (tertiary/aromatic N) is 2. The van der Waals surface area contributed by atoms with Crippen LogP contribution in [-0.4, -0.2) is 40.1 Å². The van der Waals surface area contributed by atoms with Gasteiger partial charge in [0.15, 0.2) is 0 Å². The fourth-order valence-electron chi connectivity index (χ4n) is 4.06. The normalized spacial score (nSPS) is 16.5. The molecule has 1 atom stereocenters. The summed E-state index contributed by atoms with van der Waals surface area (Å²) in [5.41, 5.74) is 6.38. The lowest BCUT2D eigenvalue weighted by atomic mass is 10.1. The number of amides is 1. The molecule has 0 bridgehead atoms. The molecule has 1 amide bonds. The lowest BCUT2D eigenvalue weighted by Gasteiger charge is -2.24. The van der Waals surface area contributed by atoms with Crippen LogP contribution >= 0.6 is 0 Å². The third-order valence-corrected chi connectivity index (χ3v) is 5.85. The number of aliphatic hydroxyl groups is 1. The molecule has 34 heavy (non-hydrogen) atoms.